The van der Waals surface area contributed by atoms with E-state index in [1.165, 1.54) is 42.1 Å². The van der Waals surface area contributed by atoms with Gasteiger partial charge in [-0.1, -0.05) is 42.5 Å². The minimum atomic E-state index is -0.200. The van der Waals surface area contributed by atoms with Crippen LogP contribution in [-0.4, -0.2) is 37.0 Å². The van der Waals surface area contributed by atoms with Crippen molar-refractivity contribution in [3.63, 3.8) is 0 Å². The minimum Gasteiger partial charge on any atom is -0.378 e. The maximum atomic E-state index is 14.2. The Balaban J connectivity index is 1.14. The molecule has 3 fully saturated rings. The van der Waals surface area contributed by atoms with Crippen LogP contribution < -0.4 is 10.2 Å². The number of nitrogens with zero attached hydrogens (tertiary/aromatic N) is 2. The highest BCUT2D eigenvalue weighted by Gasteiger charge is 2.53. The lowest BCUT2D eigenvalue weighted by Crippen LogP contribution is -2.49. The van der Waals surface area contributed by atoms with Crippen molar-refractivity contribution in [1.82, 2.24) is 4.90 Å². The predicted molar refractivity (Wildman–Crippen MR) is 141 cm³/mol. The number of benzene rings is 3. The SMILES string of the molecule is O=C(c1ccc2c(c1)C1C3CCC(C3)C1C(c1ccccc1)N2)N1CCN(c2ccccc2F)CC1. The average Bonchev–Trinajstić information content (AvgIpc) is 3.56. The second-order valence-electron chi connectivity index (χ2n) is 11.0. The monoisotopic (exact) mass is 481 g/mol. The first-order valence-corrected chi connectivity index (χ1v) is 13.4. The lowest BCUT2D eigenvalue weighted by atomic mass is 9.68. The minimum absolute atomic E-state index is 0.0934. The lowest BCUT2D eigenvalue weighted by molar-refractivity contribution is 0.0746. The summed E-state index contributed by atoms with van der Waals surface area (Å²) in [5.41, 5.74) is 5.32. The van der Waals surface area contributed by atoms with Crippen molar-refractivity contribution in [2.75, 3.05) is 36.4 Å². The summed E-state index contributed by atoms with van der Waals surface area (Å²) >= 11 is 0. The molecule has 1 N–H and O–H groups in total. The van der Waals surface area contributed by atoms with Crippen LogP contribution in [-0.2, 0) is 0 Å². The van der Waals surface area contributed by atoms with Crippen molar-refractivity contribution in [1.29, 1.82) is 0 Å². The van der Waals surface area contributed by atoms with Crippen LogP contribution in [0.5, 0.6) is 0 Å². The molecule has 2 aliphatic heterocycles. The van der Waals surface area contributed by atoms with Crippen molar-refractivity contribution >= 4 is 17.3 Å². The van der Waals surface area contributed by atoms with E-state index >= 15 is 0 Å². The molecule has 3 aromatic rings. The van der Waals surface area contributed by atoms with E-state index in [0.29, 0.717) is 49.7 Å². The van der Waals surface area contributed by atoms with E-state index in [1.54, 1.807) is 6.07 Å². The first-order valence-electron chi connectivity index (χ1n) is 13.4. The molecule has 1 saturated heterocycles. The first-order chi connectivity index (χ1) is 17.7. The summed E-state index contributed by atoms with van der Waals surface area (Å²) in [6.45, 7) is 2.50. The molecule has 4 nitrogen and oxygen atoms in total. The Morgan fingerprint density at radius 1 is 0.861 bits per heavy atom. The van der Waals surface area contributed by atoms with E-state index in [9.17, 15) is 9.18 Å². The van der Waals surface area contributed by atoms with E-state index < -0.39 is 0 Å². The van der Waals surface area contributed by atoms with E-state index in [4.69, 9.17) is 0 Å². The van der Waals surface area contributed by atoms with Gasteiger partial charge in [0.2, 0.25) is 0 Å². The Morgan fingerprint density at radius 3 is 2.42 bits per heavy atom. The molecule has 5 unspecified atom stereocenters. The van der Waals surface area contributed by atoms with Crippen molar-refractivity contribution in [3.05, 3.63) is 95.3 Å². The van der Waals surface area contributed by atoms with Gasteiger partial charge in [-0.3, -0.25) is 4.79 Å². The summed E-state index contributed by atoms with van der Waals surface area (Å²) in [6.07, 6.45) is 3.95. The van der Waals surface area contributed by atoms with Crippen LogP contribution in [0.1, 0.15) is 52.7 Å². The zero-order chi connectivity index (χ0) is 24.2. The maximum absolute atomic E-state index is 14.2. The number of fused-ring (bicyclic) bond motifs is 7. The second kappa shape index (κ2) is 8.65. The van der Waals surface area contributed by atoms with Gasteiger partial charge in [0.15, 0.2) is 0 Å². The van der Waals surface area contributed by atoms with E-state index in [0.717, 1.165) is 17.4 Å². The fourth-order valence-electron chi connectivity index (χ4n) is 7.65. The molecular weight excluding hydrogens is 449 g/mol. The third-order valence-electron chi connectivity index (χ3n) is 9.25. The standard InChI is InChI=1S/C31H32FN3O/c32-25-8-4-5-9-27(25)34-14-16-35(17-15-34)31(36)23-12-13-26-24(19-23)28-21-10-11-22(18-21)29(28)30(33-26)20-6-2-1-3-7-20/h1-9,12-13,19,21-22,28-30,33H,10-11,14-18H2. The fourth-order valence-corrected chi connectivity index (χ4v) is 7.65. The number of amides is 1. The summed E-state index contributed by atoms with van der Waals surface area (Å²) < 4.78 is 14.2. The van der Waals surface area contributed by atoms with Gasteiger partial charge in [-0.15, -0.1) is 0 Å². The Kier molecular flexibility index (Phi) is 5.26. The van der Waals surface area contributed by atoms with E-state index in [2.05, 4.69) is 47.8 Å². The van der Waals surface area contributed by atoms with Gasteiger partial charge in [-0.05, 0) is 84.4 Å². The van der Waals surface area contributed by atoms with E-state index in [-0.39, 0.29) is 11.7 Å². The van der Waals surface area contributed by atoms with Gasteiger partial charge >= 0.3 is 0 Å². The number of para-hydroxylation sites is 1. The molecule has 3 aromatic carbocycles. The van der Waals surface area contributed by atoms with Crippen molar-refractivity contribution in [2.45, 2.75) is 31.2 Å². The summed E-state index contributed by atoms with van der Waals surface area (Å²) in [5.74, 6) is 2.49. The summed E-state index contributed by atoms with van der Waals surface area (Å²) in [4.78, 5) is 17.5. The second-order valence-corrected chi connectivity index (χ2v) is 11.0. The smallest absolute Gasteiger partial charge is 0.253 e. The Hall–Kier alpha value is -3.34. The maximum Gasteiger partial charge on any atom is 0.253 e. The van der Waals surface area contributed by atoms with Gasteiger partial charge in [0.25, 0.3) is 5.91 Å². The van der Waals surface area contributed by atoms with Crippen LogP contribution in [0.15, 0.2) is 72.8 Å². The van der Waals surface area contributed by atoms with Gasteiger partial charge in [-0.25, -0.2) is 4.39 Å². The molecule has 2 bridgehead atoms. The first kappa shape index (κ1) is 21.9. The lowest BCUT2D eigenvalue weighted by Gasteiger charge is -2.44. The topological polar surface area (TPSA) is 35.6 Å². The number of halogens is 1. The molecule has 5 atom stereocenters. The number of hydrogen-bond acceptors (Lipinski definition) is 3. The number of rotatable bonds is 3. The number of hydrogen-bond donors (Lipinski definition) is 1. The normalized spacial score (nSPS) is 28.4. The van der Waals surface area contributed by atoms with Gasteiger partial charge < -0.3 is 15.1 Å². The van der Waals surface area contributed by atoms with Crippen LogP contribution >= 0.6 is 0 Å². The average molecular weight is 482 g/mol. The Labute approximate surface area is 212 Å². The van der Waals surface area contributed by atoms with Crippen molar-refractivity contribution < 1.29 is 9.18 Å². The molecule has 0 spiro atoms. The molecule has 2 aliphatic carbocycles. The molecule has 5 heteroatoms. The predicted octanol–water partition coefficient (Wildman–Crippen LogP) is 6.08. The largest absolute Gasteiger partial charge is 0.378 e. The number of carbonyl (C=O) groups is 1. The zero-order valence-electron chi connectivity index (χ0n) is 20.4. The highest BCUT2D eigenvalue weighted by atomic mass is 19.1. The summed E-state index contributed by atoms with van der Waals surface area (Å²) in [7, 11) is 0. The molecule has 0 radical (unpaired) electrons. The van der Waals surface area contributed by atoms with Crippen LogP contribution in [0.2, 0.25) is 0 Å². The molecule has 4 aliphatic rings. The van der Waals surface area contributed by atoms with E-state index in [1.807, 2.05) is 28.0 Å². The summed E-state index contributed by atoms with van der Waals surface area (Å²) in [6, 6.07) is 24.4. The molecular formula is C31H32FN3O. The van der Waals surface area contributed by atoms with Gasteiger partial charge in [0.1, 0.15) is 5.82 Å². The number of carbonyl (C=O) groups excluding carboxylic acids is 1. The molecule has 2 saturated carbocycles. The quantitative estimate of drug-likeness (QED) is 0.492. The third-order valence-corrected chi connectivity index (χ3v) is 9.25. The molecule has 184 valence electrons. The third kappa shape index (κ3) is 3.51. The highest BCUT2D eigenvalue weighted by Crippen LogP contribution is 2.63. The van der Waals surface area contributed by atoms with Crippen molar-refractivity contribution in [3.8, 4) is 0 Å². The molecule has 7 rings (SSSR count). The summed E-state index contributed by atoms with van der Waals surface area (Å²) in [5, 5.41) is 3.88. The Morgan fingerprint density at radius 2 is 1.61 bits per heavy atom. The van der Waals surface area contributed by atoms with Gasteiger partial charge in [0, 0.05) is 37.4 Å². The number of anilines is 2. The zero-order valence-corrected chi connectivity index (χ0v) is 20.4. The van der Waals surface area contributed by atoms with Gasteiger partial charge in [-0.2, -0.15) is 0 Å². The molecule has 0 aromatic heterocycles. The van der Waals surface area contributed by atoms with Crippen LogP contribution in [0.3, 0.4) is 0 Å². The van der Waals surface area contributed by atoms with Crippen molar-refractivity contribution in [2.24, 2.45) is 17.8 Å². The van der Waals surface area contributed by atoms with Crippen LogP contribution in [0.4, 0.5) is 15.8 Å². The Bertz CT molecular complexity index is 1290. The van der Waals surface area contributed by atoms with Gasteiger partial charge in [0.05, 0.1) is 11.7 Å². The molecule has 1 amide bonds. The van der Waals surface area contributed by atoms with Crippen LogP contribution in [0, 0.1) is 23.6 Å². The number of piperazine rings is 1. The number of nitrogens with one attached hydrogen (secondary N) is 1. The molecule has 36 heavy (non-hydrogen) atoms. The highest BCUT2D eigenvalue weighted by molar-refractivity contribution is 5.95. The molecule has 2 heterocycles. The van der Waals surface area contributed by atoms with Crippen LogP contribution in [0.25, 0.3) is 0 Å². The fraction of sp³-hybridized carbons (Fsp3) is 0.387.